The van der Waals surface area contributed by atoms with Crippen molar-refractivity contribution in [2.75, 3.05) is 19.6 Å². The van der Waals surface area contributed by atoms with E-state index in [0.717, 1.165) is 13.0 Å². The largest absolute Gasteiger partial charge is 0.329 e. The van der Waals surface area contributed by atoms with Crippen molar-refractivity contribution in [2.45, 2.75) is 32.9 Å². The first kappa shape index (κ1) is 14.0. The number of halogens is 2. The second-order valence-corrected chi connectivity index (χ2v) is 3.81. The molecule has 1 aromatic heterocycles. The highest BCUT2D eigenvalue weighted by Crippen LogP contribution is 2.05. The van der Waals surface area contributed by atoms with E-state index in [1.807, 2.05) is 6.92 Å². The van der Waals surface area contributed by atoms with E-state index in [1.165, 1.54) is 6.33 Å². The highest BCUT2D eigenvalue weighted by atomic mass is 19.3. The number of hydrogen-bond acceptors (Lipinski definition) is 4. The van der Waals surface area contributed by atoms with Crippen molar-refractivity contribution < 1.29 is 8.78 Å². The van der Waals surface area contributed by atoms with Gasteiger partial charge in [0.05, 0.1) is 13.1 Å². The molecule has 0 saturated carbocycles. The lowest BCUT2D eigenvalue weighted by atomic mass is 10.4. The molecule has 0 fully saturated rings. The topological polar surface area (TPSA) is 60.0 Å². The Morgan fingerprint density at radius 2 is 2.29 bits per heavy atom. The van der Waals surface area contributed by atoms with Crippen LogP contribution in [0.15, 0.2) is 6.33 Å². The summed E-state index contributed by atoms with van der Waals surface area (Å²) in [4.78, 5) is 5.69. The predicted molar refractivity (Wildman–Crippen MR) is 60.6 cm³/mol. The van der Waals surface area contributed by atoms with Crippen molar-refractivity contribution in [3.8, 4) is 0 Å². The van der Waals surface area contributed by atoms with Crippen molar-refractivity contribution in [2.24, 2.45) is 5.73 Å². The van der Waals surface area contributed by atoms with E-state index in [2.05, 4.69) is 10.1 Å². The molecule has 7 heteroatoms. The third-order valence-electron chi connectivity index (χ3n) is 2.34. The summed E-state index contributed by atoms with van der Waals surface area (Å²) in [5, 5.41) is 4.06. The van der Waals surface area contributed by atoms with E-state index in [9.17, 15) is 8.78 Å². The molecule has 17 heavy (non-hydrogen) atoms. The number of rotatable bonds is 8. The molecule has 2 N–H and O–H groups in total. The predicted octanol–water partition coefficient (Wildman–Crippen LogP) is 0.714. The molecule has 0 bridgehead atoms. The van der Waals surface area contributed by atoms with Gasteiger partial charge in [0.2, 0.25) is 0 Å². The van der Waals surface area contributed by atoms with Gasteiger partial charge in [-0.2, -0.15) is 5.10 Å². The summed E-state index contributed by atoms with van der Waals surface area (Å²) >= 11 is 0. The normalized spacial score (nSPS) is 11.6. The van der Waals surface area contributed by atoms with Gasteiger partial charge in [0.1, 0.15) is 12.2 Å². The van der Waals surface area contributed by atoms with Crippen LogP contribution in [0.5, 0.6) is 0 Å². The van der Waals surface area contributed by atoms with Gasteiger partial charge >= 0.3 is 0 Å². The van der Waals surface area contributed by atoms with Crippen molar-refractivity contribution in [3.05, 3.63) is 12.2 Å². The van der Waals surface area contributed by atoms with E-state index in [1.54, 1.807) is 9.58 Å². The number of nitrogens with two attached hydrogens (primary N) is 1. The van der Waals surface area contributed by atoms with Crippen molar-refractivity contribution in [1.29, 1.82) is 0 Å². The smallest absolute Gasteiger partial charge is 0.251 e. The number of aryl methyl sites for hydroxylation is 1. The third kappa shape index (κ3) is 4.74. The zero-order valence-electron chi connectivity index (χ0n) is 10.0. The molecule has 0 saturated heterocycles. The number of alkyl halides is 2. The van der Waals surface area contributed by atoms with Crippen LogP contribution in [0.2, 0.25) is 0 Å². The van der Waals surface area contributed by atoms with Gasteiger partial charge in [-0.25, -0.2) is 18.4 Å². The Hall–Kier alpha value is -1.08. The van der Waals surface area contributed by atoms with Gasteiger partial charge in [0.15, 0.2) is 0 Å². The second-order valence-electron chi connectivity index (χ2n) is 3.81. The fraction of sp³-hybridized carbons (Fsp3) is 0.800. The maximum atomic E-state index is 12.4. The average molecular weight is 247 g/mol. The molecule has 5 nitrogen and oxygen atoms in total. The lowest BCUT2D eigenvalue weighted by Gasteiger charge is -2.20. The van der Waals surface area contributed by atoms with Gasteiger partial charge in [-0.15, -0.1) is 0 Å². The van der Waals surface area contributed by atoms with Gasteiger partial charge in [-0.3, -0.25) is 4.90 Å². The molecule has 0 spiro atoms. The van der Waals surface area contributed by atoms with Gasteiger partial charge in [0.25, 0.3) is 6.43 Å². The van der Waals surface area contributed by atoms with Crippen molar-refractivity contribution >= 4 is 0 Å². The second kappa shape index (κ2) is 7.29. The molecule has 0 radical (unpaired) electrons. The Bertz CT molecular complexity index is 315. The molecule has 98 valence electrons. The van der Waals surface area contributed by atoms with Crippen LogP contribution in [0.4, 0.5) is 8.78 Å². The van der Waals surface area contributed by atoms with Crippen LogP contribution in [0.1, 0.15) is 19.2 Å². The Morgan fingerprint density at radius 3 is 2.88 bits per heavy atom. The highest BCUT2D eigenvalue weighted by molar-refractivity contribution is 4.85. The molecule has 0 amide bonds. The molecule has 0 aliphatic heterocycles. The van der Waals surface area contributed by atoms with Crippen LogP contribution < -0.4 is 5.73 Å². The number of nitrogens with zero attached hydrogens (tertiary/aromatic N) is 4. The molecular weight excluding hydrogens is 228 g/mol. The third-order valence-corrected chi connectivity index (χ3v) is 2.34. The Balaban J connectivity index is 2.60. The van der Waals surface area contributed by atoms with Crippen LogP contribution in [-0.2, 0) is 13.1 Å². The van der Waals surface area contributed by atoms with Gasteiger partial charge in [0, 0.05) is 19.6 Å². The van der Waals surface area contributed by atoms with E-state index in [0.29, 0.717) is 25.5 Å². The summed E-state index contributed by atoms with van der Waals surface area (Å²) in [6.07, 6.45) is 0.0277. The zero-order valence-corrected chi connectivity index (χ0v) is 10.0. The van der Waals surface area contributed by atoms with E-state index >= 15 is 0 Å². The monoisotopic (exact) mass is 247 g/mol. The number of hydrogen-bond donors (Lipinski definition) is 1. The SMILES string of the molecule is CCCn1ncnc1CN(CCN)CC(F)F. The Morgan fingerprint density at radius 1 is 1.53 bits per heavy atom. The van der Waals surface area contributed by atoms with Gasteiger partial charge < -0.3 is 5.73 Å². The van der Waals surface area contributed by atoms with Crippen LogP contribution >= 0.6 is 0 Å². The summed E-state index contributed by atoms with van der Waals surface area (Å²) in [7, 11) is 0. The molecule has 0 aliphatic rings. The summed E-state index contributed by atoms with van der Waals surface area (Å²) < 4.78 is 26.5. The summed E-state index contributed by atoms with van der Waals surface area (Å²) in [5.41, 5.74) is 5.40. The van der Waals surface area contributed by atoms with E-state index in [-0.39, 0.29) is 6.54 Å². The maximum Gasteiger partial charge on any atom is 0.251 e. The van der Waals surface area contributed by atoms with Crippen LogP contribution in [0.25, 0.3) is 0 Å². The minimum atomic E-state index is -2.36. The molecule has 1 aromatic rings. The van der Waals surface area contributed by atoms with Gasteiger partial charge in [-0.05, 0) is 6.42 Å². The Kier molecular flexibility index (Phi) is 5.99. The summed E-state index contributed by atoms with van der Waals surface area (Å²) in [6, 6.07) is 0. The quantitative estimate of drug-likeness (QED) is 0.735. The Labute approximate surface area is 99.6 Å². The summed E-state index contributed by atoms with van der Waals surface area (Å²) in [6.45, 7) is 3.65. The van der Waals surface area contributed by atoms with Crippen LogP contribution in [-0.4, -0.2) is 45.7 Å². The number of aromatic nitrogens is 3. The lowest BCUT2D eigenvalue weighted by molar-refractivity contribution is 0.0842. The molecular formula is C10H19F2N5. The zero-order chi connectivity index (χ0) is 12.7. The van der Waals surface area contributed by atoms with Gasteiger partial charge in [-0.1, -0.05) is 6.92 Å². The van der Waals surface area contributed by atoms with Crippen molar-refractivity contribution in [1.82, 2.24) is 19.7 Å². The fourth-order valence-electron chi connectivity index (χ4n) is 1.62. The minimum Gasteiger partial charge on any atom is -0.329 e. The van der Waals surface area contributed by atoms with E-state index < -0.39 is 6.43 Å². The maximum absolute atomic E-state index is 12.4. The summed E-state index contributed by atoms with van der Waals surface area (Å²) in [5.74, 6) is 0.709. The first-order chi connectivity index (χ1) is 8.17. The molecule has 0 unspecified atom stereocenters. The molecule has 1 rings (SSSR count). The van der Waals surface area contributed by atoms with Crippen LogP contribution in [0, 0.1) is 0 Å². The van der Waals surface area contributed by atoms with Crippen molar-refractivity contribution in [3.63, 3.8) is 0 Å². The first-order valence-corrected chi connectivity index (χ1v) is 5.74. The average Bonchev–Trinajstić information content (AvgIpc) is 2.66. The molecule has 0 aliphatic carbocycles. The molecule has 0 aromatic carbocycles. The fourth-order valence-corrected chi connectivity index (χ4v) is 1.62. The standard InChI is InChI=1S/C10H19F2N5/c1-2-4-17-10(14-8-15-17)7-16(5-3-13)6-9(11)12/h8-9H,2-7,13H2,1H3. The minimum absolute atomic E-state index is 0.282. The van der Waals surface area contributed by atoms with E-state index in [4.69, 9.17) is 5.73 Å². The highest BCUT2D eigenvalue weighted by Gasteiger charge is 2.14. The molecule has 1 heterocycles. The first-order valence-electron chi connectivity index (χ1n) is 5.74. The lowest BCUT2D eigenvalue weighted by Crippen LogP contribution is -2.34. The van der Waals surface area contributed by atoms with Crippen LogP contribution in [0.3, 0.4) is 0 Å². The molecule has 0 atom stereocenters.